The quantitative estimate of drug-likeness (QED) is 0.707. The summed E-state index contributed by atoms with van der Waals surface area (Å²) in [5.74, 6) is -0.296. The van der Waals surface area contributed by atoms with E-state index in [4.69, 9.17) is 4.74 Å². The maximum atomic E-state index is 12.2. The molecule has 0 aliphatic rings. The van der Waals surface area contributed by atoms with Gasteiger partial charge in [-0.15, -0.1) is 0 Å². The normalized spacial score (nSPS) is 11.8. The molecule has 0 aliphatic heterocycles. The number of benzene rings is 2. The average Bonchev–Trinajstić information content (AvgIpc) is 2.45. The Bertz CT molecular complexity index is 631. The van der Waals surface area contributed by atoms with E-state index in [1.54, 1.807) is 6.92 Å². The molecule has 0 heterocycles. The Labute approximate surface area is 141 Å². The van der Waals surface area contributed by atoms with Gasteiger partial charge < -0.3 is 10.1 Å². The van der Waals surface area contributed by atoms with E-state index in [-0.39, 0.29) is 5.97 Å². The zero-order valence-corrected chi connectivity index (χ0v) is 14.6. The van der Waals surface area contributed by atoms with Gasteiger partial charge in [-0.25, -0.2) is 4.79 Å². The van der Waals surface area contributed by atoms with Crippen molar-refractivity contribution in [2.75, 3.05) is 11.9 Å². The highest BCUT2D eigenvalue weighted by Crippen LogP contribution is 2.25. The molecule has 110 valence electrons. The molecule has 0 saturated heterocycles. The highest BCUT2D eigenvalue weighted by Gasteiger charge is 2.22. The minimum Gasteiger partial charge on any atom is -0.464 e. The van der Waals surface area contributed by atoms with Gasteiger partial charge in [-0.1, -0.05) is 50.1 Å². The van der Waals surface area contributed by atoms with Crippen LogP contribution in [0, 0.1) is 0 Å². The number of carbonyl (C=O) groups is 1. The van der Waals surface area contributed by atoms with E-state index < -0.39 is 6.04 Å². The molecule has 1 unspecified atom stereocenters. The van der Waals surface area contributed by atoms with Crippen LogP contribution in [0.15, 0.2) is 57.5 Å². The van der Waals surface area contributed by atoms with E-state index in [9.17, 15) is 4.79 Å². The van der Waals surface area contributed by atoms with Crippen molar-refractivity contribution in [2.24, 2.45) is 0 Å². The van der Waals surface area contributed by atoms with Crippen molar-refractivity contribution >= 4 is 43.5 Å². The van der Waals surface area contributed by atoms with Gasteiger partial charge in [0, 0.05) is 14.6 Å². The molecule has 0 amide bonds. The van der Waals surface area contributed by atoms with Crippen molar-refractivity contribution < 1.29 is 9.53 Å². The fourth-order valence-electron chi connectivity index (χ4n) is 1.94. The van der Waals surface area contributed by atoms with Crippen molar-refractivity contribution in [3.8, 4) is 0 Å². The predicted molar refractivity (Wildman–Crippen MR) is 91.3 cm³/mol. The Morgan fingerprint density at radius 2 is 1.81 bits per heavy atom. The van der Waals surface area contributed by atoms with E-state index in [0.717, 1.165) is 20.2 Å². The highest BCUT2D eigenvalue weighted by atomic mass is 79.9. The van der Waals surface area contributed by atoms with Gasteiger partial charge in [0.2, 0.25) is 0 Å². The SMILES string of the molecule is CCOC(=O)C(Nc1cccc(Br)c1)c1cccc(Br)c1. The maximum Gasteiger partial charge on any atom is 0.333 e. The first-order valence-corrected chi connectivity index (χ1v) is 8.13. The Morgan fingerprint density at radius 3 is 2.43 bits per heavy atom. The number of ether oxygens (including phenoxy) is 1. The Morgan fingerprint density at radius 1 is 1.14 bits per heavy atom. The molecule has 1 atom stereocenters. The lowest BCUT2D eigenvalue weighted by Gasteiger charge is -2.19. The van der Waals surface area contributed by atoms with Crippen LogP contribution < -0.4 is 5.32 Å². The molecule has 3 nitrogen and oxygen atoms in total. The van der Waals surface area contributed by atoms with Gasteiger partial charge in [-0.05, 0) is 42.8 Å². The highest BCUT2D eigenvalue weighted by molar-refractivity contribution is 9.10. The zero-order chi connectivity index (χ0) is 15.2. The second-order valence-corrected chi connectivity index (χ2v) is 6.23. The number of hydrogen-bond donors (Lipinski definition) is 1. The molecular weight excluding hydrogens is 398 g/mol. The van der Waals surface area contributed by atoms with Crippen molar-refractivity contribution in [3.63, 3.8) is 0 Å². The summed E-state index contributed by atoms with van der Waals surface area (Å²) in [4.78, 5) is 12.2. The molecule has 1 N–H and O–H groups in total. The Kier molecular flexibility index (Phi) is 5.82. The second-order valence-electron chi connectivity index (χ2n) is 4.39. The summed E-state index contributed by atoms with van der Waals surface area (Å²) in [6.07, 6.45) is 0. The molecule has 2 aromatic carbocycles. The first-order valence-electron chi connectivity index (χ1n) is 6.54. The first kappa shape index (κ1) is 16.0. The van der Waals surface area contributed by atoms with Crippen LogP contribution in [0.3, 0.4) is 0 Å². The molecule has 2 aromatic rings. The van der Waals surface area contributed by atoms with Gasteiger partial charge in [0.15, 0.2) is 6.04 Å². The molecule has 21 heavy (non-hydrogen) atoms. The Balaban J connectivity index is 2.30. The summed E-state index contributed by atoms with van der Waals surface area (Å²) >= 11 is 6.85. The fourth-order valence-corrected chi connectivity index (χ4v) is 2.75. The molecule has 2 rings (SSSR count). The second kappa shape index (κ2) is 7.61. The van der Waals surface area contributed by atoms with Gasteiger partial charge >= 0.3 is 5.97 Å². The molecule has 0 fully saturated rings. The summed E-state index contributed by atoms with van der Waals surface area (Å²) < 4.78 is 7.04. The third kappa shape index (κ3) is 4.58. The molecule has 0 aromatic heterocycles. The predicted octanol–water partition coefficient (Wildman–Crippen LogP) is 4.93. The summed E-state index contributed by atoms with van der Waals surface area (Å²) in [5, 5.41) is 3.22. The van der Waals surface area contributed by atoms with Crippen molar-refractivity contribution in [2.45, 2.75) is 13.0 Å². The monoisotopic (exact) mass is 411 g/mol. The lowest BCUT2D eigenvalue weighted by Crippen LogP contribution is -2.23. The number of rotatable bonds is 5. The van der Waals surface area contributed by atoms with Gasteiger partial charge in [-0.2, -0.15) is 0 Å². The summed E-state index contributed by atoms with van der Waals surface area (Å²) in [6.45, 7) is 2.15. The molecule has 5 heteroatoms. The molecular formula is C16H15Br2NO2. The largest absolute Gasteiger partial charge is 0.464 e. The van der Waals surface area contributed by atoms with Gasteiger partial charge in [0.25, 0.3) is 0 Å². The molecule has 0 bridgehead atoms. The summed E-state index contributed by atoms with van der Waals surface area (Å²) in [6, 6.07) is 14.8. The molecule has 0 aliphatic carbocycles. The standard InChI is InChI=1S/C16H15Br2NO2/c1-2-21-16(20)15(11-5-3-6-12(17)9-11)19-14-8-4-7-13(18)10-14/h3-10,15,19H,2H2,1H3. The smallest absolute Gasteiger partial charge is 0.333 e. The van der Waals surface area contributed by atoms with Gasteiger partial charge in [0.1, 0.15) is 0 Å². The van der Waals surface area contributed by atoms with Crippen LogP contribution in [-0.4, -0.2) is 12.6 Å². The van der Waals surface area contributed by atoms with Crippen molar-refractivity contribution in [1.82, 2.24) is 0 Å². The van der Waals surface area contributed by atoms with Crippen LogP contribution in [0.4, 0.5) is 5.69 Å². The number of nitrogens with one attached hydrogen (secondary N) is 1. The minimum absolute atomic E-state index is 0.296. The van der Waals surface area contributed by atoms with Gasteiger partial charge in [-0.3, -0.25) is 0 Å². The van der Waals surface area contributed by atoms with Crippen LogP contribution >= 0.6 is 31.9 Å². The first-order chi connectivity index (χ1) is 10.1. The average molecular weight is 413 g/mol. The molecule has 0 saturated carbocycles. The molecule has 0 radical (unpaired) electrons. The number of halogens is 2. The van der Waals surface area contributed by atoms with E-state index in [0.29, 0.717) is 6.61 Å². The minimum atomic E-state index is -0.545. The van der Waals surface area contributed by atoms with E-state index in [1.165, 1.54) is 0 Å². The van der Waals surface area contributed by atoms with Crippen LogP contribution in [0.25, 0.3) is 0 Å². The van der Waals surface area contributed by atoms with Crippen LogP contribution in [0.2, 0.25) is 0 Å². The lowest BCUT2D eigenvalue weighted by molar-refractivity contribution is -0.144. The van der Waals surface area contributed by atoms with Crippen LogP contribution in [-0.2, 0) is 9.53 Å². The summed E-state index contributed by atoms with van der Waals surface area (Å²) in [7, 11) is 0. The fraction of sp³-hybridized carbons (Fsp3) is 0.188. The topological polar surface area (TPSA) is 38.3 Å². The third-order valence-electron chi connectivity index (χ3n) is 2.84. The van der Waals surface area contributed by atoms with Crippen molar-refractivity contribution in [1.29, 1.82) is 0 Å². The van der Waals surface area contributed by atoms with E-state index in [2.05, 4.69) is 37.2 Å². The van der Waals surface area contributed by atoms with E-state index in [1.807, 2.05) is 48.5 Å². The summed E-state index contributed by atoms with van der Waals surface area (Å²) in [5.41, 5.74) is 1.70. The maximum absolute atomic E-state index is 12.2. The zero-order valence-electron chi connectivity index (χ0n) is 11.5. The third-order valence-corrected chi connectivity index (χ3v) is 3.83. The van der Waals surface area contributed by atoms with Crippen LogP contribution in [0.1, 0.15) is 18.5 Å². The number of hydrogen-bond acceptors (Lipinski definition) is 3. The Hall–Kier alpha value is -1.33. The number of anilines is 1. The van der Waals surface area contributed by atoms with Crippen LogP contribution in [0.5, 0.6) is 0 Å². The van der Waals surface area contributed by atoms with Gasteiger partial charge in [0.05, 0.1) is 6.61 Å². The van der Waals surface area contributed by atoms with E-state index >= 15 is 0 Å². The van der Waals surface area contributed by atoms with Crippen molar-refractivity contribution in [3.05, 3.63) is 63.0 Å². The number of carbonyl (C=O) groups excluding carboxylic acids is 1. The molecule has 0 spiro atoms. The lowest BCUT2D eigenvalue weighted by atomic mass is 10.1. The number of esters is 1.